The van der Waals surface area contributed by atoms with Crippen LogP contribution in [0.1, 0.15) is 86.9 Å². The van der Waals surface area contributed by atoms with E-state index in [2.05, 4.69) is 38.3 Å². The van der Waals surface area contributed by atoms with Crippen molar-refractivity contribution < 1.29 is 14.4 Å². The van der Waals surface area contributed by atoms with Gasteiger partial charge in [0.1, 0.15) is 0 Å². The Morgan fingerprint density at radius 3 is 2.13 bits per heavy atom. The third-order valence-corrected chi connectivity index (χ3v) is 7.08. The molecule has 1 saturated heterocycles. The van der Waals surface area contributed by atoms with Crippen molar-refractivity contribution in [3.63, 3.8) is 0 Å². The highest BCUT2D eigenvalue weighted by Gasteiger charge is 2.42. The zero-order chi connectivity index (χ0) is 22.4. The van der Waals surface area contributed by atoms with E-state index in [0.717, 1.165) is 38.5 Å². The third-order valence-electron chi connectivity index (χ3n) is 7.08. The van der Waals surface area contributed by atoms with Crippen LogP contribution in [0, 0.1) is 11.8 Å². The Balaban J connectivity index is 1.45. The number of benzene rings is 1. The topological polar surface area (TPSA) is 78.5 Å². The molecular weight excluding hydrogens is 390 g/mol. The van der Waals surface area contributed by atoms with E-state index in [9.17, 15) is 14.4 Å². The molecule has 4 rings (SSSR count). The number of hydrogen-bond donors (Lipinski definition) is 2. The van der Waals surface area contributed by atoms with E-state index in [0.29, 0.717) is 17.7 Å². The Morgan fingerprint density at radius 1 is 1.00 bits per heavy atom. The molecule has 1 aromatic carbocycles. The summed E-state index contributed by atoms with van der Waals surface area (Å²) >= 11 is 0. The van der Waals surface area contributed by atoms with Crippen LogP contribution in [-0.2, 0) is 4.79 Å². The first-order valence-electron chi connectivity index (χ1n) is 11.6. The highest BCUT2D eigenvalue weighted by Crippen LogP contribution is 2.34. The summed E-state index contributed by atoms with van der Waals surface area (Å²) in [6, 6.07) is 7.11. The van der Waals surface area contributed by atoms with Crippen LogP contribution in [0.3, 0.4) is 0 Å². The molecule has 3 amide bonds. The Labute approximate surface area is 185 Å². The molecule has 2 heterocycles. The smallest absolute Gasteiger partial charge is 0.261 e. The van der Waals surface area contributed by atoms with E-state index >= 15 is 0 Å². The van der Waals surface area contributed by atoms with Crippen molar-refractivity contribution in [1.82, 2.24) is 15.5 Å². The second-order valence-corrected chi connectivity index (χ2v) is 10.9. The fourth-order valence-electron chi connectivity index (χ4n) is 6.14. The molecule has 168 valence electrons. The van der Waals surface area contributed by atoms with Crippen molar-refractivity contribution in [2.75, 3.05) is 6.54 Å². The molecule has 0 spiro atoms. The summed E-state index contributed by atoms with van der Waals surface area (Å²) in [6.45, 7) is 9.04. The second-order valence-electron chi connectivity index (χ2n) is 10.9. The van der Waals surface area contributed by atoms with Crippen LogP contribution in [0.25, 0.3) is 0 Å². The molecule has 2 atom stereocenters. The lowest BCUT2D eigenvalue weighted by Gasteiger charge is -2.47. The second kappa shape index (κ2) is 8.05. The molecule has 31 heavy (non-hydrogen) atoms. The van der Waals surface area contributed by atoms with Crippen molar-refractivity contribution >= 4 is 17.7 Å². The van der Waals surface area contributed by atoms with Gasteiger partial charge in [-0.3, -0.25) is 19.3 Å². The van der Waals surface area contributed by atoms with Gasteiger partial charge in [-0.2, -0.15) is 0 Å². The molecule has 2 aliphatic heterocycles. The van der Waals surface area contributed by atoms with E-state index in [4.69, 9.17) is 0 Å². The molecule has 3 aliphatic rings. The Bertz CT molecular complexity index is 841. The Hall–Kier alpha value is -2.21. The van der Waals surface area contributed by atoms with Gasteiger partial charge in [-0.05, 0) is 71.4 Å². The lowest BCUT2D eigenvalue weighted by atomic mass is 9.76. The van der Waals surface area contributed by atoms with E-state index < -0.39 is 0 Å². The average molecular weight is 426 g/mol. The first-order chi connectivity index (χ1) is 14.6. The molecule has 1 aromatic rings. The van der Waals surface area contributed by atoms with Crippen molar-refractivity contribution in [3.05, 3.63) is 35.4 Å². The number of nitrogens with zero attached hydrogens (tertiary/aromatic N) is 1. The predicted octanol–water partition coefficient (Wildman–Crippen LogP) is 3.51. The van der Waals surface area contributed by atoms with E-state index in [1.807, 2.05) is 0 Å². The summed E-state index contributed by atoms with van der Waals surface area (Å²) in [7, 11) is 0. The van der Waals surface area contributed by atoms with Crippen molar-refractivity contribution in [2.45, 2.75) is 83.3 Å². The molecule has 1 aliphatic carbocycles. The number of amides is 3. The molecule has 6 heteroatoms. The maximum absolute atomic E-state index is 13.3. The Morgan fingerprint density at radius 2 is 1.55 bits per heavy atom. The van der Waals surface area contributed by atoms with Crippen molar-refractivity contribution in [1.29, 1.82) is 0 Å². The normalized spacial score (nSPS) is 27.8. The van der Waals surface area contributed by atoms with Gasteiger partial charge in [0.25, 0.3) is 11.8 Å². The summed E-state index contributed by atoms with van der Waals surface area (Å²) < 4.78 is 0. The van der Waals surface area contributed by atoms with Crippen LogP contribution in [0.2, 0.25) is 0 Å². The van der Waals surface area contributed by atoms with Crippen LogP contribution in [-0.4, -0.2) is 46.3 Å². The number of nitrogens with one attached hydrogen (secondary N) is 2. The minimum Gasteiger partial charge on any atom is -0.353 e. The van der Waals surface area contributed by atoms with Crippen LogP contribution in [0.4, 0.5) is 0 Å². The first kappa shape index (κ1) is 22.0. The van der Waals surface area contributed by atoms with E-state index in [-0.39, 0.29) is 46.7 Å². The van der Waals surface area contributed by atoms with E-state index in [1.54, 1.807) is 24.3 Å². The summed E-state index contributed by atoms with van der Waals surface area (Å²) in [5.74, 6) is -0.517. The number of hydrogen-bond acceptors (Lipinski definition) is 4. The highest BCUT2D eigenvalue weighted by molar-refractivity contribution is 6.21. The molecule has 2 N–H and O–H groups in total. The van der Waals surface area contributed by atoms with E-state index in [1.165, 1.54) is 4.90 Å². The molecule has 0 radical (unpaired) electrons. The first-order valence-corrected chi connectivity index (χ1v) is 11.6. The zero-order valence-electron chi connectivity index (χ0n) is 19.2. The van der Waals surface area contributed by atoms with Gasteiger partial charge in [0.15, 0.2) is 0 Å². The van der Waals surface area contributed by atoms with Gasteiger partial charge in [-0.15, -0.1) is 0 Å². The molecule has 2 unspecified atom stereocenters. The van der Waals surface area contributed by atoms with Gasteiger partial charge in [-0.25, -0.2) is 0 Å². The number of fused-ring (bicyclic) bond motifs is 1. The Kier molecular flexibility index (Phi) is 5.71. The zero-order valence-corrected chi connectivity index (χ0v) is 19.2. The maximum atomic E-state index is 13.3. The third kappa shape index (κ3) is 4.54. The van der Waals surface area contributed by atoms with Gasteiger partial charge in [-0.1, -0.05) is 25.0 Å². The fraction of sp³-hybridized carbons (Fsp3) is 0.640. The molecule has 2 fully saturated rings. The van der Waals surface area contributed by atoms with Gasteiger partial charge >= 0.3 is 0 Å². The minimum atomic E-state index is -0.229. The van der Waals surface area contributed by atoms with Crippen LogP contribution < -0.4 is 10.6 Å². The maximum Gasteiger partial charge on any atom is 0.261 e. The number of carbonyl (C=O) groups is 3. The SMILES string of the molecule is CC1(C)CC(NC(=O)C2CCCCC2CN2C(=O)c3ccccc3C2=O)CC(C)(C)N1. The number of carbonyl (C=O) groups excluding carboxylic acids is 3. The van der Waals surface area contributed by atoms with Gasteiger partial charge in [0.2, 0.25) is 5.91 Å². The average Bonchev–Trinajstić information content (AvgIpc) is 2.91. The lowest BCUT2D eigenvalue weighted by molar-refractivity contribution is -0.129. The summed E-state index contributed by atoms with van der Waals surface area (Å²) in [6.07, 6.45) is 5.51. The van der Waals surface area contributed by atoms with Crippen LogP contribution in [0.15, 0.2) is 24.3 Å². The quantitative estimate of drug-likeness (QED) is 0.724. The van der Waals surface area contributed by atoms with Gasteiger partial charge < -0.3 is 10.6 Å². The summed E-state index contributed by atoms with van der Waals surface area (Å²) in [5, 5.41) is 6.98. The fourth-order valence-corrected chi connectivity index (χ4v) is 6.14. The van der Waals surface area contributed by atoms with Crippen LogP contribution >= 0.6 is 0 Å². The number of piperidine rings is 1. The largest absolute Gasteiger partial charge is 0.353 e. The molecular formula is C25H35N3O3. The molecule has 6 nitrogen and oxygen atoms in total. The molecule has 0 aromatic heterocycles. The number of imide groups is 1. The van der Waals surface area contributed by atoms with Crippen molar-refractivity contribution in [3.8, 4) is 0 Å². The monoisotopic (exact) mass is 425 g/mol. The molecule has 1 saturated carbocycles. The highest BCUT2D eigenvalue weighted by atomic mass is 16.2. The molecule has 0 bridgehead atoms. The van der Waals surface area contributed by atoms with Crippen LogP contribution in [0.5, 0.6) is 0 Å². The minimum absolute atomic E-state index is 0.0127. The van der Waals surface area contributed by atoms with Gasteiger partial charge in [0.05, 0.1) is 11.1 Å². The van der Waals surface area contributed by atoms with Gasteiger partial charge in [0, 0.05) is 29.6 Å². The standard InChI is InChI=1S/C25H35N3O3/c1-24(2)13-17(14-25(3,4)27-24)26-21(29)18-10-6-5-9-16(18)15-28-22(30)19-11-7-8-12-20(19)23(28)31/h7-8,11-12,16-18,27H,5-6,9-10,13-15H2,1-4H3,(H,26,29). The number of rotatable bonds is 4. The predicted molar refractivity (Wildman–Crippen MR) is 120 cm³/mol. The lowest BCUT2D eigenvalue weighted by Crippen LogP contribution is -2.62. The summed E-state index contributed by atoms with van der Waals surface area (Å²) in [4.78, 5) is 40.3. The summed E-state index contributed by atoms with van der Waals surface area (Å²) in [5.41, 5.74) is 0.879. The van der Waals surface area contributed by atoms with Crippen molar-refractivity contribution in [2.24, 2.45) is 11.8 Å².